The molecule has 1 aromatic heterocycles. The number of Topliss-reactive ketones (excluding diaryl/α,β-unsaturated/α-hetero) is 1. The second-order valence-electron chi connectivity index (χ2n) is 8.22. The molecule has 4 aromatic rings. The molecule has 0 spiro atoms. The van der Waals surface area contributed by atoms with Gasteiger partial charge in [0.2, 0.25) is 5.78 Å². The minimum absolute atomic E-state index is 0.145. The summed E-state index contributed by atoms with van der Waals surface area (Å²) in [6, 6.07) is 20.4. The van der Waals surface area contributed by atoms with Gasteiger partial charge in [-0.15, -0.1) is 0 Å². The molecule has 6 rings (SSSR count). The van der Waals surface area contributed by atoms with Crippen LogP contribution in [-0.2, 0) is 4.79 Å². The number of carbonyl (C=O) groups excluding carboxylic acids is 2. The van der Waals surface area contributed by atoms with Crippen LogP contribution in [0.1, 0.15) is 39.4 Å². The van der Waals surface area contributed by atoms with Gasteiger partial charge in [0.15, 0.2) is 5.76 Å². The molecule has 3 heterocycles. The molecule has 0 saturated carbocycles. The molecule has 0 amide bonds. The molecule has 6 heteroatoms. The number of carbonyl (C=O) groups is 2. The normalized spacial score (nSPS) is 17.8. The maximum Gasteiger partial charge on any atom is 0.312 e. The zero-order valence-corrected chi connectivity index (χ0v) is 18.3. The topological polar surface area (TPSA) is 74.7 Å². The summed E-state index contributed by atoms with van der Waals surface area (Å²) < 4.78 is 16.9. The van der Waals surface area contributed by atoms with Crippen LogP contribution in [0.25, 0.3) is 17.0 Å². The third kappa shape index (κ3) is 3.23. The van der Waals surface area contributed by atoms with Gasteiger partial charge in [0.05, 0.1) is 24.6 Å². The maximum absolute atomic E-state index is 13.2. The molecule has 166 valence electrons. The van der Waals surface area contributed by atoms with Crippen molar-refractivity contribution < 1.29 is 23.8 Å². The zero-order chi connectivity index (χ0) is 23.2. The van der Waals surface area contributed by atoms with Crippen LogP contribution in [0.4, 0.5) is 0 Å². The van der Waals surface area contributed by atoms with E-state index in [-0.39, 0.29) is 29.9 Å². The number of fused-ring (bicyclic) bond motifs is 4. The lowest BCUT2D eigenvalue weighted by molar-refractivity contribution is -0.135. The molecule has 0 bridgehead atoms. The molecule has 0 fully saturated rings. The van der Waals surface area contributed by atoms with E-state index in [2.05, 4.69) is 4.98 Å². The number of para-hydroxylation sites is 1. The Kier molecular flexibility index (Phi) is 4.66. The van der Waals surface area contributed by atoms with Crippen molar-refractivity contribution in [2.75, 3.05) is 7.11 Å². The Morgan fingerprint density at radius 3 is 2.62 bits per heavy atom. The molecular weight excluding hydrogens is 430 g/mol. The number of ketones is 1. The standard InChI is InChI=1S/C28H19NO5/c1-32-17-8-6-16(7-9-17)14-24-27(31)20-10-11-23-26(28(20)34-24)21(15-25(30)33-23)18-12-13-29-22-5-3-2-4-19(18)22/h2-14,21H,15H2,1H3/b24-14-/t21-/m0/s1. The summed E-state index contributed by atoms with van der Waals surface area (Å²) in [5, 5.41) is 0.951. The van der Waals surface area contributed by atoms with Gasteiger partial charge < -0.3 is 14.2 Å². The zero-order valence-electron chi connectivity index (χ0n) is 18.3. The minimum atomic E-state index is -0.327. The van der Waals surface area contributed by atoms with E-state index >= 15 is 0 Å². The summed E-state index contributed by atoms with van der Waals surface area (Å²) in [6.45, 7) is 0. The van der Waals surface area contributed by atoms with E-state index in [0.717, 1.165) is 27.8 Å². The Bertz CT molecular complexity index is 1500. The van der Waals surface area contributed by atoms with Gasteiger partial charge in [0.25, 0.3) is 0 Å². The number of ether oxygens (including phenoxy) is 3. The van der Waals surface area contributed by atoms with E-state index in [4.69, 9.17) is 14.2 Å². The predicted octanol–water partition coefficient (Wildman–Crippen LogP) is 5.30. The summed E-state index contributed by atoms with van der Waals surface area (Å²) in [4.78, 5) is 30.1. The quantitative estimate of drug-likeness (QED) is 0.240. The molecule has 2 aliphatic heterocycles. The van der Waals surface area contributed by atoms with Gasteiger partial charge in [0.1, 0.15) is 17.2 Å². The number of pyridine rings is 1. The highest BCUT2D eigenvalue weighted by Crippen LogP contribution is 2.49. The average Bonchev–Trinajstić information content (AvgIpc) is 3.18. The van der Waals surface area contributed by atoms with Gasteiger partial charge in [-0.1, -0.05) is 30.3 Å². The summed E-state index contributed by atoms with van der Waals surface area (Å²) in [7, 11) is 1.60. The second kappa shape index (κ2) is 7.85. The second-order valence-corrected chi connectivity index (χ2v) is 8.22. The largest absolute Gasteiger partial charge is 0.497 e. The van der Waals surface area contributed by atoms with Gasteiger partial charge in [0, 0.05) is 23.1 Å². The Morgan fingerprint density at radius 2 is 1.79 bits per heavy atom. The third-order valence-corrected chi connectivity index (χ3v) is 6.25. The van der Waals surface area contributed by atoms with E-state index < -0.39 is 0 Å². The number of hydrogen-bond acceptors (Lipinski definition) is 6. The molecule has 1 atom stereocenters. The smallest absolute Gasteiger partial charge is 0.312 e. The van der Waals surface area contributed by atoms with Crippen molar-refractivity contribution in [3.05, 3.63) is 101 Å². The maximum atomic E-state index is 13.2. The van der Waals surface area contributed by atoms with Gasteiger partial charge in [-0.3, -0.25) is 14.6 Å². The Hall–Kier alpha value is -4.45. The molecule has 0 N–H and O–H groups in total. The summed E-state index contributed by atoms with van der Waals surface area (Å²) in [5.41, 5.74) is 3.76. The first-order valence-corrected chi connectivity index (χ1v) is 10.9. The van der Waals surface area contributed by atoms with Crippen molar-refractivity contribution in [3.63, 3.8) is 0 Å². The minimum Gasteiger partial charge on any atom is -0.497 e. The number of methoxy groups -OCH3 is 1. The molecule has 6 nitrogen and oxygen atoms in total. The highest BCUT2D eigenvalue weighted by molar-refractivity contribution is 6.15. The Balaban J connectivity index is 1.48. The van der Waals surface area contributed by atoms with E-state index in [1.54, 1.807) is 31.5 Å². The number of nitrogens with zero attached hydrogens (tertiary/aromatic N) is 1. The molecule has 0 radical (unpaired) electrons. The lowest BCUT2D eigenvalue weighted by Gasteiger charge is -2.27. The van der Waals surface area contributed by atoms with Crippen molar-refractivity contribution >= 4 is 28.7 Å². The van der Waals surface area contributed by atoms with Crippen LogP contribution in [0.5, 0.6) is 17.2 Å². The number of esters is 1. The molecule has 0 aliphatic carbocycles. The van der Waals surface area contributed by atoms with Crippen LogP contribution in [-0.4, -0.2) is 23.8 Å². The fourth-order valence-corrected chi connectivity index (χ4v) is 4.65. The van der Waals surface area contributed by atoms with E-state index in [9.17, 15) is 9.59 Å². The molecule has 0 unspecified atom stereocenters. The van der Waals surface area contributed by atoms with Crippen LogP contribution >= 0.6 is 0 Å². The van der Waals surface area contributed by atoms with Crippen LogP contribution in [0.15, 0.2) is 78.7 Å². The number of rotatable bonds is 3. The molecule has 3 aromatic carbocycles. The highest BCUT2D eigenvalue weighted by Gasteiger charge is 2.39. The van der Waals surface area contributed by atoms with Crippen molar-refractivity contribution in [1.29, 1.82) is 0 Å². The van der Waals surface area contributed by atoms with Crippen molar-refractivity contribution in [3.8, 4) is 17.2 Å². The number of hydrogen-bond donors (Lipinski definition) is 0. The Morgan fingerprint density at radius 1 is 0.971 bits per heavy atom. The summed E-state index contributed by atoms with van der Waals surface area (Å²) >= 11 is 0. The fraction of sp³-hybridized carbons (Fsp3) is 0.107. The SMILES string of the molecule is COc1ccc(/C=C2\Oc3c(ccc4c3[C@H](c3ccnc5ccccc35)CC(=O)O4)C2=O)cc1. The average molecular weight is 449 g/mol. The van der Waals surface area contributed by atoms with Crippen LogP contribution in [0.3, 0.4) is 0 Å². The number of allylic oxidation sites excluding steroid dienone is 1. The first kappa shape index (κ1) is 20.2. The predicted molar refractivity (Wildman–Crippen MR) is 126 cm³/mol. The lowest BCUT2D eigenvalue weighted by Crippen LogP contribution is -2.21. The van der Waals surface area contributed by atoms with E-state index in [1.807, 2.05) is 54.6 Å². The summed E-state index contributed by atoms with van der Waals surface area (Å²) in [5.74, 6) is 0.962. The van der Waals surface area contributed by atoms with E-state index in [1.165, 1.54) is 0 Å². The van der Waals surface area contributed by atoms with Crippen LogP contribution < -0.4 is 14.2 Å². The number of benzene rings is 3. The van der Waals surface area contributed by atoms with Crippen molar-refractivity contribution in [2.24, 2.45) is 0 Å². The Labute approximate surface area is 195 Å². The van der Waals surface area contributed by atoms with Gasteiger partial charge in [-0.25, -0.2) is 0 Å². The first-order valence-electron chi connectivity index (χ1n) is 10.9. The van der Waals surface area contributed by atoms with Gasteiger partial charge >= 0.3 is 5.97 Å². The monoisotopic (exact) mass is 449 g/mol. The first-order chi connectivity index (χ1) is 16.6. The van der Waals surface area contributed by atoms with Crippen LogP contribution in [0.2, 0.25) is 0 Å². The molecule has 0 saturated heterocycles. The lowest BCUT2D eigenvalue weighted by atomic mass is 9.83. The number of aromatic nitrogens is 1. The molecular formula is C28H19NO5. The van der Waals surface area contributed by atoms with E-state index in [0.29, 0.717) is 22.6 Å². The fourth-order valence-electron chi connectivity index (χ4n) is 4.65. The van der Waals surface area contributed by atoms with Gasteiger partial charge in [-0.05, 0) is 53.6 Å². The van der Waals surface area contributed by atoms with Crippen molar-refractivity contribution in [2.45, 2.75) is 12.3 Å². The third-order valence-electron chi connectivity index (χ3n) is 6.25. The van der Waals surface area contributed by atoms with Crippen molar-refractivity contribution in [1.82, 2.24) is 4.98 Å². The molecule has 34 heavy (non-hydrogen) atoms. The summed E-state index contributed by atoms with van der Waals surface area (Å²) in [6.07, 6.45) is 3.59. The van der Waals surface area contributed by atoms with Crippen LogP contribution in [0, 0.1) is 0 Å². The molecule has 2 aliphatic rings. The highest BCUT2D eigenvalue weighted by atomic mass is 16.5. The van der Waals surface area contributed by atoms with Gasteiger partial charge in [-0.2, -0.15) is 0 Å².